The molecule has 5 nitrogen and oxygen atoms in total. The standard InChI is InChI=1S/C19H19N3O2S/c1-12(18-22-16-8-3-4-9-17(16)25-18)11-20-19(24)21-15-7-5-6-14(10-15)13(2)23/h3-10,12H,11H2,1-2H3,(H2,20,21,24)/t12-/m0/s1. The van der Waals surface area contributed by atoms with Crippen molar-refractivity contribution in [1.82, 2.24) is 10.3 Å². The van der Waals surface area contributed by atoms with E-state index >= 15 is 0 Å². The first kappa shape index (κ1) is 17.1. The number of ketones is 1. The lowest BCUT2D eigenvalue weighted by Crippen LogP contribution is -2.31. The largest absolute Gasteiger partial charge is 0.337 e. The zero-order chi connectivity index (χ0) is 17.8. The van der Waals surface area contributed by atoms with Gasteiger partial charge in [-0.1, -0.05) is 31.2 Å². The zero-order valence-electron chi connectivity index (χ0n) is 14.1. The lowest BCUT2D eigenvalue weighted by Gasteiger charge is -2.11. The fourth-order valence-electron chi connectivity index (χ4n) is 2.43. The summed E-state index contributed by atoms with van der Waals surface area (Å²) in [4.78, 5) is 28.1. The van der Waals surface area contributed by atoms with Crippen LogP contribution in [0, 0.1) is 0 Å². The Morgan fingerprint density at radius 2 is 1.96 bits per heavy atom. The van der Waals surface area contributed by atoms with E-state index in [9.17, 15) is 9.59 Å². The van der Waals surface area contributed by atoms with Crippen LogP contribution in [-0.2, 0) is 0 Å². The molecule has 6 heteroatoms. The van der Waals surface area contributed by atoms with E-state index in [-0.39, 0.29) is 17.7 Å². The highest BCUT2D eigenvalue weighted by Crippen LogP contribution is 2.26. The molecule has 0 aliphatic carbocycles. The minimum Gasteiger partial charge on any atom is -0.337 e. The molecule has 2 aromatic carbocycles. The maximum Gasteiger partial charge on any atom is 0.319 e. The summed E-state index contributed by atoms with van der Waals surface area (Å²) in [6.07, 6.45) is 0. The second-order valence-corrected chi connectivity index (χ2v) is 6.96. The van der Waals surface area contributed by atoms with Gasteiger partial charge in [0.1, 0.15) is 0 Å². The number of para-hydroxylation sites is 1. The van der Waals surface area contributed by atoms with Crippen molar-refractivity contribution in [3.8, 4) is 0 Å². The second-order valence-electron chi connectivity index (χ2n) is 5.89. The molecule has 2 N–H and O–H groups in total. The molecular formula is C19H19N3O2S. The topological polar surface area (TPSA) is 71.1 Å². The highest BCUT2D eigenvalue weighted by molar-refractivity contribution is 7.18. The minimum atomic E-state index is -0.298. The lowest BCUT2D eigenvalue weighted by atomic mass is 10.1. The van der Waals surface area contributed by atoms with Crippen molar-refractivity contribution in [2.45, 2.75) is 19.8 Å². The van der Waals surface area contributed by atoms with Gasteiger partial charge in [-0.15, -0.1) is 11.3 Å². The van der Waals surface area contributed by atoms with Gasteiger partial charge in [0.05, 0.1) is 15.2 Å². The van der Waals surface area contributed by atoms with Crippen LogP contribution in [-0.4, -0.2) is 23.3 Å². The number of hydrogen-bond donors (Lipinski definition) is 2. The first-order chi connectivity index (χ1) is 12.0. The van der Waals surface area contributed by atoms with Gasteiger partial charge in [-0.05, 0) is 31.2 Å². The van der Waals surface area contributed by atoms with Gasteiger partial charge < -0.3 is 10.6 Å². The summed E-state index contributed by atoms with van der Waals surface area (Å²) in [5.41, 5.74) is 2.15. The molecule has 128 valence electrons. The predicted molar refractivity (Wildman–Crippen MR) is 102 cm³/mol. The maximum absolute atomic E-state index is 12.1. The lowest BCUT2D eigenvalue weighted by molar-refractivity contribution is 0.101. The molecule has 25 heavy (non-hydrogen) atoms. The Bertz CT molecular complexity index is 887. The van der Waals surface area contributed by atoms with Crippen LogP contribution in [0.2, 0.25) is 0 Å². The van der Waals surface area contributed by atoms with E-state index in [1.165, 1.54) is 6.92 Å². The van der Waals surface area contributed by atoms with Gasteiger partial charge in [0, 0.05) is 23.7 Å². The van der Waals surface area contributed by atoms with E-state index in [0.29, 0.717) is 17.8 Å². The van der Waals surface area contributed by atoms with Gasteiger partial charge in [0.2, 0.25) is 0 Å². The van der Waals surface area contributed by atoms with E-state index in [1.54, 1.807) is 35.6 Å². The van der Waals surface area contributed by atoms with Crippen LogP contribution in [0.25, 0.3) is 10.2 Å². The molecule has 0 fully saturated rings. The van der Waals surface area contributed by atoms with Crippen LogP contribution in [0.5, 0.6) is 0 Å². The van der Waals surface area contributed by atoms with Gasteiger partial charge in [0.15, 0.2) is 5.78 Å². The molecule has 0 bridgehead atoms. The summed E-state index contributed by atoms with van der Waals surface area (Å²) in [7, 11) is 0. The fourth-order valence-corrected chi connectivity index (χ4v) is 3.44. The number of rotatable bonds is 5. The van der Waals surface area contributed by atoms with Crippen molar-refractivity contribution in [3.05, 3.63) is 59.1 Å². The minimum absolute atomic E-state index is 0.0338. The van der Waals surface area contributed by atoms with Gasteiger partial charge in [-0.2, -0.15) is 0 Å². The predicted octanol–water partition coefficient (Wildman–Crippen LogP) is 4.42. The number of carbonyl (C=O) groups is 2. The fraction of sp³-hybridized carbons (Fsp3) is 0.211. The Morgan fingerprint density at radius 1 is 1.16 bits per heavy atom. The average Bonchev–Trinajstić information content (AvgIpc) is 3.04. The van der Waals surface area contributed by atoms with E-state index < -0.39 is 0 Å². The molecule has 0 aliphatic rings. The first-order valence-corrected chi connectivity index (χ1v) is 8.86. The number of urea groups is 1. The van der Waals surface area contributed by atoms with E-state index in [2.05, 4.69) is 15.6 Å². The Kier molecular flexibility index (Phi) is 5.09. The number of aromatic nitrogens is 1. The number of anilines is 1. The monoisotopic (exact) mass is 353 g/mol. The summed E-state index contributed by atoms with van der Waals surface area (Å²) in [6.45, 7) is 4.02. The van der Waals surface area contributed by atoms with Gasteiger partial charge in [-0.3, -0.25) is 4.79 Å². The summed E-state index contributed by atoms with van der Waals surface area (Å²) in [5.74, 6) is 0.0835. The molecule has 2 amide bonds. The number of hydrogen-bond acceptors (Lipinski definition) is 4. The van der Waals surface area contributed by atoms with Crippen LogP contribution >= 0.6 is 11.3 Å². The number of nitrogens with one attached hydrogen (secondary N) is 2. The number of thiazole rings is 1. The highest BCUT2D eigenvalue weighted by Gasteiger charge is 2.13. The van der Waals surface area contributed by atoms with Crippen molar-refractivity contribution < 1.29 is 9.59 Å². The molecule has 1 heterocycles. The number of Topliss-reactive ketones (excluding diaryl/α,β-unsaturated/α-hetero) is 1. The number of carbonyl (C=O) groups excluding carboxylic acids is 2. The van der Waals surface area contributed by atoms with Crippen molar-refractivity contribution in [2.24, 2.45) is 0 Å². The zero-order valence-corrected chi connectivity index (χ0v) is 14.9. The van der Waals surface area contributed by atoms with Crippen molar-refractivity contribution in [2.75, 3.05) is 11.9 Å². The Morgan fingerprint density at radius 3 is 2.72 bits per heavy atom. The normalized spacial score (nSPS) is 11.9. The smallest absolute Gasteiger partial charge is 0.319 e. The molecular weight excluding hydrogens is 334 g/mol. The number of amides is 2. The number of nitrogens with zero attached hydrogens (tertiary/aromatic N) is 1. The summed E-state index contributed by atoms with van der Waals surface area (Å²) >= 11 is 1.65. The second kappa shape index (κ2) is 7.44. The first-order valence-electron chi connectivity index (χ1n) is 8.04. The van der Waals surface area contributed by atoms with Crippen molar-refractivity contribution in [1.29, 1.82) is 0 Å². The molecule has 0 unspecified atom stereocenters. The number of benzene rings is 2. The quantitative estimate of drug-likeness (QED) is 0.667. The van der Waals surface area contributed by atoms with Crippen LogP contribution in [0.3, 0.4) is 0 Å². The van der Waals surface area contributed by atoms with Crippen LogP contribution < -0.4 is 10.6 Å². The third-order valence-electron chi connectivity index (χ3n) is 3.83. The molecule has 0 radical (unpaired) electrons. The Balaban J connectivity index is 1.58. The Hall–Kier alpha value is -2.73. The summed E-state index contributed by atoms with van der Waals surface area (Å²) in [5, 5.41) is 6.61. The summed E-state index contributed by atoms with van der Waals surface area (Å²) in [6, 6.07) is 14.6. The van der Waals surface area contributed by atoms with Crippen molar-refractivity contribution in [3.63, 3.8) is 0 Å². The Labute approximate surface area is 150 Å². The highest BCUT2D eigenvalue weighted by atomic mass is 32.1. The maximum atomic E-state index is 12.1. The average molecular weight is 353 g/mol. The van der Waals surface area contributed by atoms with Gasteiger partial charge in [0.25, 0.3) is 0 Å². The molecule has 0 saturated heterocycles. The van der Waals surface area contributed by atoms with Gasteiger partial charge in [-0.25, -0.2) is 9.78 Å². The molecule has 3 rings (SSSR count). The van der Waals surface area contributed by atoms with Crippen molar-refractivity contribution >= 4 is 39.1 Å². The SMILES string of the molecule is CC(=O)c1cccc(NC(=O)NC[C@H](C)c2nc3ccccc3s2)c1. The van der Waals surface area contributed by atoms with Gasteiger partial charge >= 0.3 is 6.03 Å². The third kappa shape index (κ3) is 4.22. The van der Waals surface area contributed by atoms with Crippen LogP contribution in [0.4, 0.5) is 10.5 Å². The summed E-state index contributed by atoms with van der Waals surface area (Å²) < 4.78 is 1.15. The molecule has 1 atom stereocenters. The van der Waals surface area contributed by atoms with Crippen LogP contribution in [0.15, 0.2) is 48.5 Å². The van der Waals surface area contributed by atoms with E-state index in [4.69, 9.17) is 0 Å². The number of fused-ring (bicyclic) bond motifs is 1. The van der Waals surface area contributed by atoms with E-state index in [0.717, 1.165) is 15.2 Å². The van der Waals surface area contributed by atoms with Crippen LogP contribution in [0.1, 0.15) is 35.1 Å². The molecule has 1 aromatic heterocycles. The molecule has 0 aliphatic heterocycles. The molecule has 0 spiro atoms. The van der Waals surface area contributed by atoms with E-state index in [1.807, 2.05) is 31.2 Å². The third-order valence-corrected chi connectivity index (χ3v) is 5.10. The molecule has 3 aromatic rings. The molecule has 0 saturated carbocycles.